The van der Waals surface area contributed by atoms with Crippen LogP contribution in [0.4, 0.5) is 17.6 Å². The minimum Gasteiger partial charge on any atom is -0.288 e. The van der Waals surface area contributed by atoms with Crippen LogP contribution in [0.25, 0.3) is 11.3 Å². The van der Waals surface area contributed by atoms with Crippen molar-refractivity contribution in [2.24, 2.45) is 7.05 Å². The first-order valence-corrected chi connectivity index (χ1v) is 5.84. The highest BCUT2D eigenvalue weighted by atomic mass is 35.5. The summed E-state index contributed by atoms with van der Waals surface area (Å²) in [5.74, 6) is -1.72. The smallest absolute Gasteiger partial charge is 0.288 e. The molecule has 0 spiro atoms. The molecule has 2 rings (SSSR count). The fourth-order valence-corrected chi connectivity index (χ4v) is 2.21. The molecule has 20 heavy (non-hydrogen) atoms. The lowest BCUT2D eigenvalue weighted by Gasteiger charge is -2.06. The Kier molecular flexibility index (Phi) is 3.60. The van der Waals surface area contributed by atoms with Crippen molar-refractivity contribution in [3.05, 3.63) is 33.7 Å². The van der Waals surface area contributed by atoms with E-state index < -0.39 is 39.7 Å². The molecule has 0 bridgehead atoms. The zero-order valence-electron chi connectivity index (χ0n) is 9.73. The molecular formula is C11H5Cl2F4N2O. The molecule has 0 amide bonds. The standard InChI is InChI=1S/C11H5Cl2F4N2O/c1-19-10(11(15,16)17)8(13)9(18-19)4-2-7(20)5(12)3-6(4)14/h2-3H,1H3. The monoisotopic (exact) mass is 327 g/mol. The minimum atomic E-state index is -4.75. The van der Waals surface area contributed by atoms with Crippen molar-refractivity contribution in [2.45, 2.75) is 6.18 Å². The zero-order chi connectivity index (χ0) is 15.2. The molecule has 0 aliphatic carbocycles. The van der Waals surface area contributed by atoms with E-state index in [9.17, 15) is 22.7 Å². The van der Waals surface area contributed by atoms with Gasteiger partial charge in [0, 0.05) is 12.6 Å². The number of aryl methyl sites for hydroxylation is 1. The van der Waals surface area contributed by atoms with Crippen molar-refractivity contribution < 1.29 is 22.7 Å². The molecule has 3 nitrogen and oxygen atoms in total. The van der Waals surface area contributed by atoms with Gasteiger partial charge in [-0.1, -0.05) is 23.2 Å². The van der Waals surface area contributed by atoms with Crippen LogP contribution >= 0.6 is 23.2 Å². The van der Waals surface area contributed by atoms with Crippen molar-refractivity contribution in [3.63, 3.8) is 0 Å². The van der Waals surface area contributed by atoms with E-state index in [2.05, 4.69) is 5.10 Å². The average molecular weight is 328 g/mol. The number of hydrogen-bond donors (Lipinski definition) is 0. The molecule has 2 aromatic rings. The van der Waals surface area contributed by atoms with Gasteiger partial charge in [0.2, 0.25) is 0 Å². The van der Waals surface area contributed by atoms with Gasteiger partial charge in [-0.3, -0.25) is 9.79 Å². The Morgan fingerprint density at radius 3 is 2.35 bits per heavy atom. The Morgan fingerprint density at radius 1 is 1.25 bits per heavy atom. The second-order valence-corrected chi connectivity index (χ2v) is 4.68. The maximum Gasteiger partial charge on any atom is 0.434 e. The second-order valence-electron chi connectivity index (χ2n) is 3.90. The number of nitrogens with zero attached hydrogens (tertiary/aromatic N) is 2. The molecule has 0 saturated heterocycles. The van der Waals surface area contributed by atoms with Gasteiger partial charge in [-0.2, -0.15) is 18.3 Å². The molecule has 1 radical (unpaired) electrons. The molecule has 107 valence electrons. The van der Waals surface area contributed by atoms with Crippen molar-refractivity contribution in [1.82, 2.24) is 9.78 Å². The molecule has 0 unspecified atom stereocenters. The highest BCUT2D eigenvalue weighted by Gasteiger charge is 2.39. The van der Waals surface area contributed by atoms with E-state index in [1.807, 2.05) is 0 Å². The molecule has 0 atom stereocenters. The second kappa shape index (κ2) is 4.82. The van der Waals surface area contributed by atoms with Crippen LogP contribution in [0.5, 0.6) is 5.75 Å². The Morgan fingerprint density at radius 2 is 1.85 bits per heavy atom. The van der Waals surface area contributed by atoms with Crippen LogP contribution in [0.15, 0.2) is 12.1 Å². The van der Waals surface area contributed by atoms with Gasteiger partial charge in [-0.25, -0.2) is 4.39 Å². The summed E-state index contributed by atoms with van der Waals surface area (Å²) in [7, 11) is 1.02. The summed E-state index contributed by atoms with van der Waals surface area (Å²) < 4.78 is 52.5. The highest BCUT2D eigenvalue weighted by molar-refractivity contribution is 6.34. The van der Waals surface area contributed by atoms with E-state index in [4.69, 9.17) is 23.2 Å². The van der Waals surface area contributed by atoms with Crippen LogP contribution in [0.1, 0.15) is 5.69 Å². The average Bonchev–Trinajstić information content (AvgIpc) is 2.58. The number of aromatic nitrogens is 2. The summed E-state index contributed by atoms with van der Waals surface area (Å²) in [5, 5.41) is 13.7. The lowest BCUT2D eigenvalue weighted by molar-refractivity contribution is -0.143. The zero-order valence-corrected chi connectivity index (χ0v) is 11.2. The fraction of sp³-hybridized carbons (Fsp3) is 0.182. The molecule has 0 N–H and O–H groups in total. The molecule has 0 fully saturated rings. The number of hydrogen-bond acceptors (Lipinski definition) is 1. The van der Waals surface area contributed by atoms with Crippen LogP contribution in [0, 0.1) is 5.82 Å². The minimum absolute atomic E-state index is 0.380. The molecule has 0 aliphatic rings. The molecule has 0 saturated carbocycles. The molecule has 1 aromatic heterocycles. The van der Waals surface area contributed by atoms with Crippen LogP contribution < -0.4 is 0 Å². The number of rotatable bonds is 1. The normalized spacial score (nSPS) is 11.9. The van der Waals surface area contributed by atoms with Gasteiger partial charge in [0.15, 0.2) is 11.4 Å². The molecule has 1 heterocycles. The van der Waals surface area contributed by atoms with Gasteiger partial charge in [0.25, 0.3) is 0 Å². The summed E-state index contributed by atoms with van der Waals surface area (Å²) in [6, 6.07) is 1.46. The summed E-state index contributed by atoms with van der Waals surface area (Å²) in [5.41, 5.74) is -2.13. The van der Waals surface area contributed by atoms with Crippen LogP contribution in [-0.2, 0) is 18.3 Å². The van der Waals surface area contributed by atoms with Crippen molar-refractivity contribution in [2.75, 3.05) is 0 Å². The third-order valence-electron chi connectivity index (χ3n) is 2.53. The number of halogens is 6. The maximum absolute atomic E-state index is 13.7. The summed E-state index contributed by atoms with van der Waals surface area (Å²) in [6.07, 6.45) is -4.75. The van der Waals surface area contributed by atoms with E-state index in [0.29, 0.717) is 10.7 Å². The van der Waals surface area contributed by atoms with Crippen molar-refractivity contribution >= 4 is 23.2 Å². The van der Waals surface area contributed by atoms with E-state index in [1.54, 1.807) is 0 Å². The van der Waals surface area contributed by atoms with Gasteiger partial charge in [0.1, 0.15) is 11.5 Å². The lowest BCUT2D eigenvalue weighted by atomic mass is 10.1. The van der Waals surface area contributed by atoms with E-state index in [0.717, 1.165) is 13.1 Å². The summed E-state index contributed by atoms with van der Waals surface area (Å²) in [6.45, 7) is 0. The predicted octanol–water partition coefficient (Wildman–Crippen LogP) is 4.70. The van der Waals surface area contributed by atoms with E-state index in [-0.39, 0.29) is 5.02 Å². The maximum atomic E-state index is 13.7. The van der Waals surface area contributed by atoms with E-state index in [1.165, 1.54) is 0 Å². The topological polar surface area (TPSA) is 37.7 Å². The van der Waals surface area contributed by atoms with Crippen molar-refractivity contribution in [1.29, 1.82) is 0 Å². The first-order valence-electron chi connectivity index (χ1n) is 5.09. The van der Waals surface area contributed by atoms with E-state index >= 15 is 0 Å². The third-order valence-corrected chi connectivity index (χ3v) is 3.19. The van der Waals surface area contributed by atoms with Gasteiger partial charge in [-0.05, 0) is 12.1 Å². The van der Waals surface area contributed by atoms with Crippen LogP contribution in [0.2, 0.25) is 10.0 Å². The Balaban J connectivity index is 2.70. The Bertz CT molecular complexity index is 682. The quantitative estimate of drug-likeness (QED) is 0.700. The highest BCUT2D eigenvalue weighted by Crippen LogP contribution is 2.41. The largest absolute Gasteiger partial charge is 0.434 e. The van der Waals surface area contributed by atoms with Crippen LogP contribution in [-0.4, -0.2) is 9.78 Å². The first kappa shape index (κ1) is 14.9. The third kappa shape index (κ3) is 2.43. The molecule has 1 aromatic carbocycles. The summed E-state index contributed by atoms with van der Waals surface area (Å²) in [4.78, 5) is 0. The van der Waals surface area contributed by atoms with Gasteiger partial charge in [-0.15, -0.1) is 0 Å². The fourth-order valence-electron chi connectivity index (χ4n) is 1.69. The number of benzene rings is 1. The van der Waals surface area contributed by atoms with Crippen molar-refractivity contribution in [3.8, 4) is 17.0 Å². The van der Waals surface area contributed by atoms with Gasteiger partial charge < -0.3 is 0 Å². The van der Waals surface area contributed by atoms with Gasteiger partial charge in [0.05, 0.1) is 10.0 Å². The SMILES string of the molecule is Cn1nc(-c2cc([O])c(Cl)cc2F)c(Cl)c1C(F)(F)F. The number of alkyl halides is 3. The Hall–Kier alpha value is -1.47. The predicted molar refractivity (Wildman–Crippen MR) is 63.8 cm³/mol. The Labute approximate surface area is 120 Å². The lowest BCUT2D eigenvalue weighted by Crippen LogP contribution is -2.12. The van der Waals surface area contributed by atoms with Gasteiger partial charge >= 0.3 is 6.18 Å². The summed E-state index contributed by atoms with van der Waals surface area (Å²) >= 11 is 11.0. The first-order chi connectivity index (χ1) is 9.12. The molecule has 0 aliphatic heterocycles. The van der Waals surface area contributed by atoms with Crippen LogP contribution in [0.3, 0.4) is 0 Å². The molecular weight excluding hydrogens is 323 g/mol. The molecule has 9 heteroatoms.